The fourth-order valence-corrected chi connectivity index (χ4v) is 5.03. The maximum absolute atomic E-state index is 13.4. The van der Waals surface area contributed by atoms with Gasteiger partial charge in [0.15, 0.2) is 6.61 Å². The summed E-state index contributed by atoms with van der Waals surface area (Å²) in [4.78, 5) is 71.8. The van der Waals surface area contributed by atoms with Gasteiger partial charge in [-0.2, -0.15) is 0 Å². The summed E-state index contributed by atoms with van der Waals surface area (Å²) in [6.07, 6.45) is -0.394. The largest absolute Gasteiger partial charge is 0.483 e. The molecule has 2 aliphatic rings. The van der Waals surface area contributed by atoms with Gasteiger partial charge in [0.2, 0.25) is 5.91 Å². The molecule has 2 saturated heterocycles. The number of nitrogens with one attached hydrogen (secondary N) is 1. The molecule has 3 heterocycles. The number of para-hydroxylation sites is 1. The van der Waals surface area contributed by atoms with Crippen LogP contribution in [-0.2, 0) is 19.1 Å². The third kappa shape index (κ3) is 8.31. The lowest BCUT2D eigenvalue weighted by Crippen LogP contribution is -2.56. The normalized spacial score (nSPS) is 16.5. The van der Waals surface area contributed by atoms with Gasteiger partial charge in [-0.05, 0) is 38.3 Å². The number of ether oxygens (including phenoxy) is 2. The van der Waals surface area contributed by atoms with Crippen LogP contribution < -0.4 is 10.1 Å². The number of carbonyl (C=O) groups is 5. The molecule has 0 radical (unpaired) electrons. The van der Waals surface area contributed by atoms with Crippen molar-refractivity contribution in [1.82, 2.24) is 25.0 Å². The first-order valence-corrected chi connectivity index (χ1v) is 14.4. The van der Waals surface area contributed by atoms with E-state index in [1.54, 1.807) is 36.1 Å². The van der Waals surface area contributed by atoms with Crippen molar-refractivity contribution < 1.29 is 43.7 Å². The lowest BCUT2D eigenvalue weighted by Gasteiger charge is -2.35. The zero-order valence-corrected chi connectivity index (χ0v) is 24.1. The van der Waals surface area contributed by atoms with Crippen LogP contribution in [0.3, 0.4) is 0 Å². The van der Waals surface area contributed by atoms with Gasteiger partial charge in [-0.25, -0.2) is 9.78 Å². The highest BCUT2D eigenvalue weighted by atomic mass is 16.6. The molecule has 4 amide bonds. The first-order valence-electron chi connectivity index (χ1n) is 14.4. The van der Waals surface area contributed by atoms with E-state index >= 15 is 0 Å². The number of piperidine rings is 1. The van der Waals surface area contributed by atoms with Crippen molar-refractivity contribution in [2.24, 2.45) is 0 Å². The number of benzene rings is 1. The topological polar surface area (TPSA) is 179 Å². The van der Waals surface area contributed by atoms with Crippen molar-refractivity contribution in [3.05, 3.63) is 36.0 Å². The Morgan fingerprint density at radius 2 is 1.67 bits per heavy atom. The zero-order valence-electron chi connectivity index (χ0n) is 24.1. The van der Waals surface area contributed by atoms with E-state index in [9.17, 15) is 34.2 Å². The van der Waals surface area contributed by atoms with Crippen LogP contribution in [0.1, 0.15) is 43.1 Å². The second-order valence-corrected chi connectivity index (χ2v) is 10.4. The maximum Gasteiger partial charge on any atom is 0.409 e. The van der Waals surface area contributed by atoms with Crippen molar-refractivity contribution in [2.75, 3.05) is 52.5 Å². The van der Waals surface area contributed by atoms with Crippen LogP contribution in [0.4, 0.5) is 4.79 Å². The van der Waals surface area contributed by atoms with Crippen molar-refractivity contribution in [3.63, 3.8) is 0 Å². The van der Waals surface area contributed by atoms with Crippen LogP contribution in [0.25, 0.3) is 10.9 Å². The Balaban J connectivity index is 1.47. The Morgan fingerprint density at radius 3 is 2.35 bits per heavy atom. The molecule has 2 aliphatic heterocycles. The number of hydrogen-bond acceptors (Lipinski definition) is 9. The van der Waals surface area contributed by atoms with E-state index in [4.69, 9.17) is 9.47 Å². The summed E-state index contributed by atoms with van der Waals surface area (Å²) >= 11 is 0. The number of aliphatic hydroxyl groups excluding tert-OH is 1. The number of likely N-dealkylation sites (tertiary alicyclic amines) is 1. The Bertz CT molecular complexity index is 1340. The molecule has 0 bridgehead atoms. The number of rotatable bonds is 10. The first-order chi connectivity index (χ1) is 20.7. The lowest BCUT2D eigenvalue weighted by atomic mass is 10.1. The Kier molecular flexibility index (Phi) is 10.7. The summed E-state index contributed by atoms with van der Waals surface area (Å²) in [6.45, 7) is 3.41. The highest BCUT2D eigenvalue weighted by molar-refractivity contribution is 5.99. The van der Waals surface area contributed by atoms with Crippen molar-refractivity contribution in [2.45, 2.75) is 44.8 Å². The molecule has 1 atom stereocenters. The van der Waals surface area contributed by atoms with E-state index in [2.05, 4.69) is 10.3 Å². The van der Waals surface area contributed by atoms with Gasteiger partial charge in [0.25, 0.3) is 11.8 Å². The van der Waals surface area contributed by atoms with Gasteiger partial charge in [0.1, 0.15) is 17.5 Å². The molecule has 14 heteroatoms. The SMILES string of the molecule is CCOC(=O)N1CCN(C(=O)C(CCC(=O)O)NC(=O)c2cc(OCC(=O)N3CCC(O)CC3)c3ccccc3n2)CC1. The number of piperazine rings is 1. The van der Waals surface area contributed by atoms with Crippen LogP contribution in [0.2, 0.25) is 0 Å². The smallest absolute Gasteiger partial charge is 0.409 e. The summed E-state index contributed by atoms with van der Waals surface area (Å²) in [7, 11) is 0. The van der Waals surface area contributed by atoms with Crippen molar-refractivity contribution in [3.8, 4) is 5.75 Å². The highest BCUT2D eigenvalue weighted by Crippen LogP contribution is 2.26. The van der Waals surface area contributed by atoms with Gasteiger partial charge in [0.05, 0.1) is 18.2 Å². The van der Waals surface area contributed by atoms with Crippen molar-refractivity contribution in [1.29, 1.82) is 0 Å². The second-order valence-electron chi connectivity index (χ2n) is 10.4. The number of carbonyl (C=O) groups excluding carboxylic acids is 4. The standard InChI is InChI=1S/C29H37N5O9/c1-2-42-29(41)34-15-13-33(14-16-34)28(40)22(7-8-26(37)38)31-27(39)23-17-24(20-5-3-4-6-21(20)30-23)43-18-25(36)32-11-9-19(35)10-12-32/h3-6,17,19,22,35H,2,7-16,18H2,1H3,(H,31,39)(H,37,38). The summed E-state index contributed by atoms with van der Waals surface area (Å²) in [5, 5.41) is 22.2. The number of hydrogen-bond donors (Lipinski definition) is 3. The van der Waals surface area contributed by atoms with E-state index in [0.717, 1.165) is 0 Å². The number of nitrogens with zero attached hydrogens (tertiary/aromatic N) is 4. The third-order valence-corrected chi connectivity index (χ3v) is 7.45. The number of pyridine rings is 1. The monoisotopic (exact) mass is 599 g/mol. The second kappa shape index (κ2) is 14.6. The molecule has 0 spiro atoms. The lowest BCUT2D eigenvalue weighted by molar-refractivity contribution is -0.138. The number of aliphatic carboxylic acids is 1. The molecular formula is C29H37N5O9. The van der Waals surface area contributed by atoms with E-state index in [1.165, 1.54) is 15.9 Å². The van der Waals surface area contributed by atoms with Crippen LogP contribution in [0.5, 0.6) is 5.75 Å². The predicted molar refractivity (Wildman–Crippen MR) is 152 cm³/mol. The number of aliphatic hydroxyl groups is 1. The van der Waals surface area contributed by atoms with Gasteiger partial charge in [-0.15, -0.1) is 0 Å². The molecule has 4 rings (SSSR count). The number of fused-ring (bicyclic) bond motifs is 1. The molecule has 1 aromatic carbocycles. The van der Waals surface area contributed by atoms with Gasteiger partial charge in [-0.3, -0.25) is 19.2 Å². The van der Waals surface area contributed by atoms with Gasteiger partial charge < -0.3 is 39.7 Å². The predicted octanol–water partition coefficient (Wildman–Crippen LogP) is 0.861. The van der Waals surface area contributed by atoms with Crippen molar-refractivity contribution >= 4 is 40.7 Å². The molecule has 0 saturated carbocycles. The number of amides is 4. The van der Waals surface area contributed by atoms with Crippen LogP contribution in [0.15, 0.2) is 30.3 Å². The average molecular weight is 600 g/mol. The molecule has 1 aromatic heterocycles. The number of aromatic nitrogens is 1. The quantitative estimate of drug-likeness (QED) is 0.355. The molecule has 232 valence electrons. The van der Waals surface area contributed by atoms with Crippen LogP contribution in [0, 0.1) is 0 Å². The summed E-state index contributed by atoms with van der Waals surface area (Å²) in [6, 6.07) is 7.18. The summed E-state index contributed by atoms with van der Waals surface area (Å²) < 4.78 is 10.9. The Hall–Kier alpha value is -4.46. The molecule has 3 N–H and O–H groups in total. The summed E-state index contributed by atoms with van der Waals surface area (Å²) in [5.41, 5.74) is 0.365. The minimum atomic E-state index is -1.15. The number of carboxylic acids is 1. The summed E-state index contributed by atoms with van der Waals surface area (Å²) in [5.74, 6) is -2.29. The van der Waals surface area contributed by atoms with Crippen LogP contribution in [-0.4, -0.2) is 124 Å². The van der Waals surface area contributed by atoms with Gasteiger partial charge >= 0.3 is 12.1 Å². The molecule has 1 unspecified atom stereocenters. The van der Waals surface area contributed by atoms with E-state index < -0.39 is 36.0 Å². The van der Waals surface area contributed by atoms with E-state index in [0.29, 0.717) is 36.8 Å². The van der Waals surface area contributed by atoms with Gasteiger partial charge in [0, 0.05) is 57.1 Å². The third-order valence-electron chi connectivity index (χ3n) is 7.45. The van der Waals surface area contributed by atoms with Gasteiger partial charge in [-0.1, -0.05) is 12.1 Å². The fourth-order valence-electron chi connectivity index (χ4n) is 5.03. The minimum Gasteiger partial charge on any atom is -0.483 e. The Morgan fingerprint density at radius 1 is 1.00 bits per heavy atom. The minimum absolute atomic E-state index is 0.0671. The molecule has 43 heavy (non-hydrogen) atoms. The molecule has 2 aromatic rings. The zero-order chi connectivity index (χ0) is 30.9. The molecule has 2 fully saturated rings. The van der Waals surface area contributed by atoms with E-state index in [1.807, 2.05) is 0 Å². The van der Waals surface area contributed by atoms with Crippen LogP contribution >= 0.6 is 0 Å². The maximum atomic E-state index is 13.4. The first kappa shape index (κ1) is 31.5. The fraction of sp³-hybridized carbons (Fsp3) is 0.517. The highest BCUT2D eigenvalue weighted by Gasteiger charge is 2.31. The number of carboxylic acid groups (broad SMARTS) is 1. The molecule has 14 nitrogen and oxygen atoms in total. The van der Waals surface area contributed by atoms with E-state index in [-0.39, 0.29) is 69.6 Å². The Labute approximate surface area is 248 Å². The molecule has 0 aliphatic carbocycles. The average Bonchev–Trinajstić information content (AvgIpc) is 3.01. The molecular weight excluding hydrogens is 562 g/mol.